The van der Waals surface area contributed by atoms with Crippen LogP contribution in [-0.4, -0.2) is 214 Å². The lowest BCUT2D eigenvalue weighted by molar-refractivity contribution is -0.162. The van der Waals surface area contributed by atoms with Crippen LogP contribution in [0.5, 0.6) is 0 Å². The van der Waals surface area contributed by atoms with E-state index in [2.05, 4.69) is 21.3 Å². The van der Waals surface area contributed by atoms with E-state index in [-0.39, 0.29) is 89.3 Å². The molecule has 6 aliphatic rings. The minimum absolute atomic E-state index is 0.0449. The van der Waals surface area contributed by atoms with Gasteiger partial charge in [0.25, 0.3) is 0 Å². The molecule has 524 valence electrons. The maximum Gasteiger partial charge on any atom is 0.417 e. The van der Waals surface area contributed by atoms with Crippen molar-refractivity contribution in [2.24, 2.45) is 23.7 Å². The zero-order valence-electron chi connectivity index (χ0n) is 57.0. The Balaban J connectivity index is 1.25. The van der Waals surface area contributed by atoms with Crippen molar-refractivity contribution in [3.63, 3.8) is 0 Å². The Bertz CT molecular complexity index is 2940. The lowest BCUT2D eigenvalue weighted by atomic mass is 9.84. The van der Waals surface area contributed by atoms with Gasteiger partial charge in [-0.05, 0) is 125 Å². The summed E-state index contributed by atoms with van der Waals surface area (Å²) in [4.78, 5) is 172. The highest BCUT2D eigenvalue weighted by Crippen LogP contribution is 2.38. The Kier molecular flexibility index (Phi) is 25.9. The molecule has 11 amide bonds. The molecule has 2 aliphatic carbocycles. The van der Waals surface area contributed by atoms with E-state index >= 15 is 14.4 Å². The zero-order chi connectivity index (χ0) is 69.3. The van der Waals surface area contributed by atoms with Crippen LogP contribution in [0.15, 0.2) is 18.2 Å². The fourth-order valence-corrected chi connectivity index (χ4v) is 15.3. The fourth-order valence-electron chi connectivity index (χ4n) is 14.9. The monoisotopic (exact) mass is 1340 g/mol. The van der Waals surface area contributed by atoms with Gasteiger partial charge in [-0.15, -0.1) is 0 Å². The summed E-state index contributed by atoms with van der Waals surface area (Å²) in [6, 6.07) is -6.42. The molecule has 1 aromatic rings. The molecule has 7 rings (SSSR count). The number of alkyl halides is 3. The van der Waals surface area contributed by atoms with E-state index in [1.807, 2.05) is 27.7 Å². The van der Waals surface area contributed by atoms with Gasteiger partial charge in [-0.3, -0.25) is 52.7 Å². The van der Waals surface area contributed by atoms with Crippen molar-refractivity contribution in [2.45, 2.75) is 249 Å². The number of nitrogens with zero attached hydrogens (tertiary/aromatic N) is 7. The zero-order valence-corrected chi connectivity index (χ0v) is 57.8. The van der Waals surface area contributed by atoms with Gasteiger partial charge in [0, 0.05) is 60.3 Å². The van der Waals surface area contributed by atoms with Gasteiger partial charge in [0.2, 0.25) is 65.0 Å². The maximum atomic E-state index is 15.1. The molecule has 0 radical (unpaired) electrons. The van der Waals surface area contributed by atoms with Gasteiger partial charge in [-0.25, -0.2) is 0 Å². The van der Waals surface area contributed by atoms with Gasteiger partial charge in [0.05, 0.1) is 17.1 Å². The second-order valence-corrected chi connectivity index (χ2v) is 28.9. The summed E-state index contributed by atoms with van der Waals surface area (Å²) in [5.74, 6) is -7.19. The first-order valence-electron chi connectivity index (χ1n) is 34.3. The van der Waals surface area contributed by atoms with Gasteiger partial charge in [-0.1, -0.05) is 111 Å². The topological polar surface area (TPSA) is 259 Å². The molecule has 1 spiro atoms. The Hall–Kier alpha value is -6.53. The number of piperidine rings is 1. The number of nitrogens with one attached hydrogen (secondary N) is 4. The highest BCUT2D eigenvalue weighted by Gasteiger charge is 2.51. The minimum Gasteiger partial charge on any atom is -0.351 e. The summed E-state index contributed by atoms with van der Waals surface area (Å²) in [6.45, 7) is 12.6. The Morgan fingerprint density at radius 1 is 0.628 bits per heavy atom. The molecule has 4 heterocycles. The molecule has 0 aromatic heterocycles. The summed E-state index contributed by atoms with van der Waals surface area (Å²) in [7, 11) is 5.91. The molecule has 4 saturated heterocycles. The molecule has 26 heteroatoms. The predicted octanol–water partition coefficient (Wildman–Crippen LogP) is 6.23. The van der Waals surface area contributed by atoms with Crippen LogP contribution in [0.25, 0.3) is 0 Å². The maximum absolute atomic E-state index is 15.1. The number of fused-ring (bicyclic) bond motifs is 3. The fraction of sp³-hybridized carbons (Fsp3) is 0.750. The van der Waals surface area contributed by atoms with Crippen molar-refractivity contribution >= 4 is 76.6 Å². The molecule has 0 bridgehead atoms. The molecular formula is C68H103ClF3N11O11. The largest absolute Gasteiger partial charge is 0.417 e. The summed E-state index contributed by atoms with van der Waals surface area (Å²) in [5, 5.41) is 11.2. The molecule has 4 aliphatic heterocycles. The first-order chi connectivity index (χ1) is 44.3. The third-order valence-corrected chi connectivity index (χ3v) is 21.0. The average Bonchev–Trinajstić information content (AvgIpc) is 1.44. The Morgan fingerprint density at radius 2 is 1.24 bits per heavy atom. The summed E-state index contributed by atoms with van der Waals surface area (Å²) in [6.07, 6.45) is 4.01. The Morgan fingerprint density at radius 3 is 1.85 bits per heavy atom. The first kappa shape index (κ1) is 74.9. The number of likely N-dealkylation sites (N-methyl/N-ethyl adjacent to an activating group) is 4. The number of halogens is 4. The van der Waals surface area contributed by atoms with Crippen LogP contribution in [0.2, 0.25) is 5.02 Å². The summed E-state index contributed by atoms with van der Waals surface area (Å²) >= 11 is 6.14. The molecule has 94 heavy (non-hydrogen) atoms. The number of carbonyl (C=O) groups excluding carboxylic acids is 11. The molecule has 1 aromatic carbocycles. The van der Waals surface area contributed by atoms with Gasteiger partial charge < -0.3 is 55.6 Å². The highest BCUT2D eigenvalue weighted by molar-refractivity contribution is 6.31. The molecule has 4 N–H and O–H groups in total. The number of hydrogen-bond acceptors (Lipinski definition) is 11. The smallest absolute Gasteiger partial charge is 0.351 e. The van der Waals surface area contributed by atoms with Crippen LogP contribution >= 0.6 is 11.6 Å². The molecule has 6 fully saturated rings. The summed E-state index contributed by atoms with van der Waals surface area (Å²) < 4.78 is 41.4. The average molecular weight is 1340 g/mol. The molecular weight excluding hydrogens is 1240 g/mol. The van der Waals surface area contributed by atoms with Crippen molar-refractivity contribution in [3.05, 3.63) is 34.3 Å². The van der Waals surface area contributed by atoms with E-state index in [9.17, 15) is 51.5 Å². The highest BCUT2D eigenvalue weighted by atomic mass is 35.5. The third-order valence-electron chi connectivity index (χ3n) is 20.7. The molecule has 0 unspecified atom stereocenters. The Labute approximate surface area is 557 Å². The molecule has 2 saturated carbocycles. The van der Waals surface area contributed by atoms with E-state index in [0.29, 0.717) is 50.5 Å². The standard InChI is InChI=1S/C68H103ClF3N11O11/c1-12-42(6)56-65(93)82-32-19-16-23-50(82)64(92)83-34-29-51(83)63(91)79(10)53(38-44-21-14-13-15-22-44)62(90)77(8)39-54(84)74-48(28-26-45-25-27-46(47(69)37-45)68(70,71)72)61(89)81-33-20-24-49(81)59(87)76-67(30-17-18-31-67)66(94)80(11)57(41(4)5)60(88)73-43(7)36-55(85)78(9)52(35-40(2)3)58(86)75-56/h25,27,37,40-44,48-53,56-57H,12-24,26,28-36,38-39H2,1-11H3,(H,73,88)(H,74,84)(H,75,86)(H,76,87)/t42-,43+,48-,49-,50-,51-,52-,53-,56-,57-/m0/s1. The van der Waals surface area contributed by atoms with E-state index < -0.39 is 160 Å². The quantitative estimate of drug-likeness (QED) is 0.204. The molecule has 10 atom stereocenters. The van der Waals surface area contributed by atoms with Crippen LogP contribution in [-0.2, 0) is 65.3 Å². The number of aryl methyl sites for hydroxylation is 1. The second kappa shape index (κ2) is 32.5. The van der Waals surface area contributed by atoms with Crippen LogP contribution < -0.4 is 21.3 Å². The SMILES string of the molecule is CC[C@H](C)[C@@H]1NC(=O)[C@H](CC(C)C)N(C)C(=O)C[C@@H](C)NC(=O)[C@H](C(C)C)N(C)C(=O)C2(CCCC2)NC(=O)[C@@H]2CCCN2C(=O)[C@H](CCc2ccc(C(F)(F)F)c(Cl)c2)NC(=O)CN(C)C(=O)[C@H](CC2CCCCC2)N(C)C(=O)[C@@H]2CCN2C(=O)[C@@H]2CCCCN2C1=O. The number of rotatable bonds is 10. The lowest BCUT2D eigenvalue weighted by Gasteiger charge is -2.47. The minimum atomic E-state index is -4.74. The number of carbonyl (C=O) groups is 11. The summed E-state index contributed by atoms with van der Waals surface area (Å²) in [5.41, 5.74) is -2.23. The van der Waals surface area contributed by atoms with Crippen molar-refractivity contribution in [3.8, 4) is 0 Å². The van der Waals surface area contributed by atoms with Gasteiger partial charge in [0.1, 0.15) is 53.9 Å². The van der Waals surface area contributed by atoms with Crippen LogP contribution in [0.3, 0.4) is 0 Å². The molecule has 22 nitrogen and oxygen atoms in total. The van der Waals surface area contributed by atoms with Gasteiger partial charge >= 0.3 is 6.18 Å². The van der Waals surface area contributed by atoms with E-state index in [4.69, 9.17) is 11.6 Å². The van der Waals surface area contributed by atoms with Crippen molar-refractivity contribution in [1.29, 1.82) is 0 Å². The van der Waals surface area contributed by atoms with Crippen molar-refractivity contribution < 1.29 is 65.9 Å². The van der Waals surface area contributed by atoms with Gasteiger partial charge in [0.15, 0.2) is 0 Å². The van der Waals surface area contributed by atoms with Crippen LogP contribution in [0.4, 0.5) is 13.2 Å². The van der Waals surface area contributed by atoms with Gasteiger partial charge in [-0.2, -0.15) is 13.2 Å². The third kappa shape index (κ3) is 17.7. The van der Waals surface area contributed by atoms with E-state index in [1.165, 1.54) is 68.6 Å². The van der Waals surface area contributed by atoms with E-state index in [1.54, 1.807) is 20.8 Å². The van der Waals surface area contributed by atoms with Crippen molar-refractivity contribution in [2.75, 3.05) is 54.4 Å². The number of amides is 11. The van der Waals surface area contributed by atoms with E-state index in [0.717, 1.165) is 44.2 Å². The lowest BCUT2D eigenvalue weighted by Crippen LogP contribution is -2.66. The van der Waals surface area contributed by atoms with Crippen LogP contribution in [0, 0.1) is 23.7 Å². The number of hydrogen-bond donors (Lipinski definition) is 4. The van der Waals surface area contributed by atoms with Crippen molar-refractivity contribution in [1.82, 2.24) is 55.6 Å². The van der Waals surface area contributed by atoms with Crippen LogP contribution in [0.1, 0.15) is 188 Å². The predicted molar refractivity (Wildman–Crippen MR) is 347 cm³/mol. The number of benzene rings is 1. The second-order valence-electron chi connectivity index (χ2n) is 28.5. The first-order valence-corrected chi connectivity index (χ1v) is 34.7. The normalized spacial score (nSPS) is 28.5.